The van der Waals surface area contributed by atoms with Crippen LogP contribution in [-0.4, -0.2) is 60.4 Å². The van der Waals surface area contributed by atoms with E-state index in [4.69, 9.17) is 0 Å². The molecule has 1 aromatic rings. The first-order valence-corrected chi connectivity index (χ1v) is 7.12. The van der Waals surface area contributed by atoms with Crippen LogP contribution in [0.25, 0.3) is 0 Å². The van der Waals surface area contributed by atoms with Crippen LogP contribution < -0.4 is 15.1 Å². The molecule has 1 aliphatic carbocycles. The molecule has 2 N–H and O–H groups in total. The summed E-state index contributed by atoms with van der Waals surface area (Å²) in [4.78, 5) is 17.3. The second-order valence-electron chi connectivity index (χ2n) is 5.88. The quantitative estimate of drug-likeness (QED) is 0.817. The Morgan fingerprint density at radius 2 is 2.00 bits per heavy atom. The summed E-state index contributed by atoms with van der Waals surface area (Å²) in [5, 5.41) is 13.0. The van der Waals surface area contributed by atoms with Gasteiger partial charge in [-0.1, -0.05) is 0 Å². The number of fused-ring (bicyclic) bond motifs is 1. The average Bonchev–Trinajstić information content (AvgIpc) is 3.01. The Balaban J connectivity index is 1.85. The minimum atomic E-state index is -0.163. The van der Waals surface area contributed by atoms with E-state index in [0.717, 1.165) is 25.9 Å². The van der Waals surface area contributed by atoms with Gasteiger partial charge in [-0.15, -0.1) is 0 Å². The molecule has 1 aromatic heterocycles. The molecule has 7 heteroatoms. The highest BCUT2D eigenvalue weighted by molar-refractivity contribution is 5.45. The van der Waals surface area contributed by atoms with Crippen molar-refractivity contribution in [3.8, 4) is 0 Å². The molecule has 110 valence electrons. The molecule has 2 fully saturated rings. The minimum absolute atomic E-state index is 0.163. The average molecular weight is 278 g/mol. The highest BCUT2D eigenvalue weighted by Crippen LogP contribution is 2.39. The predicted molar refractivity (Wildman–Crippen MR) is 78.1 cm³/mol. The summed E-state index contributed by atoms with van der Waals surface area (Å²) in [6.45, 7) is 1.77. The Hall–Kier alpha value is -1.63. The molecule has 1 saturated heterocycles. The molecule has 3 atom stereocenters. The van der Waals surface area contributed by atoms with Crippen molar-refractivity contribution in [2.24, 2.45) is 11.8 Å². The normalized spacial score (nSPS) is 28.6. The summed E-state index contributed by atoms with van der Waals surface area (Å²) in [6, 6.07) is 0. The van der Waals surface area contributed by atoms with Crippen molar-refractivity contribution >= 4 is 17.8 Å². The summed E-state index contributed by atoms with van der Waals surface area (Å²) >= 11 is 0. The first-order valence-electron chi connectivity index (χ1n) is 7.12. The largest absolute Gasteiger partial charge is 0.393 e. The third-order valence-electron chi connectivity index (χ3n) is 4.34. The van der Waals surface area contributed by atoms with Gasteiger partial charge in [0, 0.05) is 40.2 Å². The lowest BCUT2D eigenvalue weighted by Crippen LogP contribution is -2.27. The lowest BCUT2D eigenvalue weighted by Gasteiger charge is -2.20. The number of aromatic nitrogens is 3. The van der Waals surface area contributed by atoms with E-state index in [1.54, 1.807) is 7.05 Å². The summed E-state index contributed by atoms with van der Waals surface area (Å²) in [5.74, 6) is 2.87. The highest BCUT2D eigenvalue weighted by atomic mass is 16.3. The van der Waals surface area contributed by atoms with Crippen LogP contribution in [0.4, 0.5) is 17.8 Å². The van der Waals surface area contributed by atoms with Crippen LogP contribution in [0, 0.1) is 11.8 Å². The van der Waals surface area contributed by atoms with E-state index in [-0.39, 0.29) is 6.10 Å². The molecular formula is C13H22N6O. The van der Waals surface area contributed by atoms with Crippen LogP contribution in [0.15, 0.2) is 0 Å². The molecule has 2 aliphatic rings. The fourth-order valence-electron chi connectivity index (χ4n) is 3.21. The van der Waals surface area contributed by atoms with Gasteiger partial charge >= 0.3 is 0 Å². The van der Waals surface area contributed by atoms with E-state index in [1.807, 2.05) is 19.0 Å². The fraction of sp³-hybridized carbons (Fsp3) is 0.769. The Bertz CT molecular complexity index is 494. The Morgan fingerprint density at radius 1 is 1.20 bits per heavy atom. The Labute approximate surface area is 119 Å². The van der Waals surface area contributed by atoms with E-state index in [9.17, 15) is 5.11 Å². The topological polar surface area (TPSA) is 77.4 Å². The van der Waals surface area contributed by atoms with Crippen molar-refractivity contribution in [2.45, 2.75) is 18.9 Å². The molecule has 3 unspecified atom stereocenters. The summed E-state index contributed by atoms with van der Waals surface area (Å²) in [7, 11) is 5.64. The van der Waals surface area contributed by atoms with E-state index < -0.39 is 0 Å². The summed E-state index contributed by atoms with van der Waals surface area (Å²) < 4.78 is 0. The molecule has 1 saturated carbocycles. The lowest BCUT2D eigenvalue weighted by molar-refractivity contribution is 0.133. The maximum atomic E-state index is 10.0. The third kappa shape index (κ3) is 2.26. The van der Waals surface area contributed by atoms with Crippen molar-refractivity contribution in [3.05, 3.63) is 0 Å². The van der Waals surface area contributed by atoms with Crippen molar-refractivity contribution in [1.29, 1.82) is 0 Å². The fourth-order valence-corrected chi connectivity index (χ4v) is 3.21. The van der Waals surface area contributed by atoms with Gasteiger partial charge in [0.2, 0.25) is 17.8 Å². The Kier molecular flexibility index (Phi) is 3.37. The maximum Gasteiger partial charge on any atom is 0.231 e. The third-order valence-corrected chi connectivity index (χ3v) is 4.34. The molecule has 2 heterocycles. The molecule has 0 aromatic carbocycles. The first-order chi connectivity index (χ1) is 9.58. The number of nitrogens with zero attached hydrogens (tertiary/aromatic N) is 5. The van der Waals surface area contributed by atoms with Crippen LogP contribution >= 0.6 is 0 Å². The Morgan fingerprint density at radius 3 is 2.65 bits per heavy atom. The zero-order valence-electron chi connectivity index (χ0n) is 12.2. The van der Waals surface area contributed by atoms with E-state index in [1.165, 1.54) is 0 Å². The number of aliphatic hydroxyl groups excluding tert-OH is 1. The second-order valence-corrected chi connectivity index (χ2v) is 5.88. The van der Waals surface area contributed by atoms with Crippen LogP contribution in [0.2, 0.25) is 0 Å². The minimum Gasteiger partial charge on any atom is -0.393 e. The molecule has 0 radical (unpaired) electrons. The molecule has 0 amide bonds. The molecule has 7 nitrogen and oxygen atoms in total. The smallest absolute Gasteiger partial charge is 0.231 e. The molecule has 1 aliphatic heterocycles. The van der Waals surface area contributed by atoms with Gasteiger partial charge in [-0.2, -0.15) is 15.0 Å². The van der Waals surface area contributed by atoms with Gasteiger partial charge in [-0.3, -0.25) is 0 Å². The predicted octanol–water partition coefficient (Wildman–Crippen LogP) is 0.186. The molecule has 3 rings (SSSR count). The van der Waals surface area contributed by atoms with Gasteiger partial charge in [0.1, 0.15) is 0 Å². The molecular weight excluding hydrogens is 256 g/mol. The van der Waals surface area contributed by atoms with Gasteiger partial charge in [-0.25, -0.2) is 0 Å². The zero-order chi connectivity index (χ0) is 14.3. The van der Waals surface area contributed by atoms with Gasteiger partial charge < -0.3 is 20.2 Å². The van der Waals surface area contributed by atoms with Gasteiger partial charge in [-0.05, 0) is 18.8 Å². The maximum absolute atomic E-state index is 10.0. The number of rotatable bonds is 3. The first kappa shape index (κ1) is 13.4. The SMILES string of the molecule is CNc1nc(N(C)C)nc(N2CC3CCC(O)C3C2)n1. The number of aliphatic hydroxyl groups is 1. The van der Waals surface area contributed by atoms with E-state index in [2.05, 4.69) is 25.2 Å². The number of hydrogen-bond donors (Lipinski definition) is 2. The number of nitrogens with one attached hydrogen (secondary N) is 1. The summed E-state index contributed by atoms with van der Waals surface area (Å²) in [6.07, 6.45) is 1.88. The highest BCUT2D eigenvalue weighted by Gasteiger charge is 2.42. The van der Waals surface area contributed by atoms with Crippen molar-refractivity contribution < 1.29 is 5.11 Å². The number of anilines is 3. The zero-order valence-corrected chi connectivity index (χ0v) is 12.2. The van der Waals surface area contributed by atoms with Gasteiger partial charge in [0.25, 0.3) is 0 Å². The van der Waals surface area contributed by atoms with Gasteiger partial charge in [0.15, 0.2) is 0 Å². The van der Waals surface area contributed by atoms with Crippen LogP contribution in [-0.2, 0) is 0 Å². The molecule has 20 heavy (non-hydrogen) atoms. The molecule has 0 spiro atoms. The van der Waals surface area contributed by atoms with Crippen LogP contribution in [0.1, 0.15) is 12.8 Å². The standard InChI is InChI=1S/C13H22N6O/c1-14-11-15-12(18(2)3)17-13(16-11)19-6-8-4-5-10(20)9(8)7-19/h8-10,20H,4-7H2,1-3H3,(H,14,15,16,17). The lowest BCUT2D eigenvalue weighted by atomic mass is 10.00. The van der Waals surface area contributed by atoms with Crippen molar-refractivity contribution in [3.63, 3.8) is 0 Å². The van der Waals surface area contributed by atoms with Crippen molar-refractivity contribution in [2.75, 3.05) is 49.3 Å². The molecule has 0 bridgehead atoms. The summed E-state index contributed by atoms with van der Waals surface area (Å²) in [5.41, 5.74) is 0. The second kappa shape index (κ2) is 5.05. The van der Waals surface area contributed by atoms with Gasteiger partial charge in [0.05, 0.1) is 6.10 Å². The van der Waals surface area contributed by atoms with Crippen LogP contribution in [0.3, 0.4) is 0 Å². The monoisotopic (exact) mass is 278 g/mol. The van der Waals surface area contributed by atoms with E-state index in [0.29, 0.717) is 29.7 Å². The van der Waals surface area contributed by atoms with Crippen LogP contribution in [0.5, 0.6) is 0 Å². The van der Waals surface area contributed by atoms with Crippen molar-refractivity contribution in [1.82, 2.24) is 15.0 Å². The number of hydrogen-bond acceptors (Lipinski definition) is 7. The van der Waals surface area contributed by atoms with E-state index >= 15 is 0 Å².